The number of rotatable bonds is 6. The van der Waals surface area contributed by atoms with E-state index in [9.17, 15) is 18.0 Å². The van der Waals surface area contributed by atoms with Crippen molar-refractivity contribution in [2.75, 3.05) is 26.2 Å². The van der Waals surface area contributed by atoms with E-state index in [-0.39, 0.29) is 11.6 Å². The van der Waals surface area contributed by atoms with Crippen LogP contribution in [0.4, 0.5) is 0 Å². The first-order valence-corrected chi connectivity index (χ1v) is 11.8. The summed E-state index contributed by atoms with van der Waals surface area (Å²) in [6.45, 7) is 10.4. The van der Waals surface area contributed by atoms with Gasteiger partial charge in [0.25, 0.3) is 10.0 Å². The lowest BCUT2D eigenvalue weighted by Crippen LogP contribution is -2.53. The Morgan fingerprint density at radius 2 is 1.72 bits per heavy atom. The van der Waals surface area contributed by atoms with Gasteiger partial charge in [0.05, 0.1) is 11.7 Å². The van der Waals surface area contributed by atoms with Gasteiger partial charge in [0.2, 0.25) is 0 Å². The summed E-state index contributed by atoms with van der Waals surface area (Å²) >= 11 is 1.28. The van der Waals surface area contributed by atoms with Crippen LogP contribution in [0.15, 0.2) is 16.3 Å². The van der Waals surface area contributed by atoms with Gasteiger partial charge in [0.1, 0.15) is 4.21 Å². The van der Waals surface area contributed by atoms with Crippen LogP contribution >= 0.6 is 11.3 Å². The summed E-state index contributed by atoms with van der Waals surface area (Å²) in [7, 11) is -3.48. The van der Waals surface area contributed by atoms with Crippen molar-refractivity contribution in [2.24, 2.45) is 0 Å². The Hall–Kier alpha value is -1.81. The van der Waals surface area contributed by atoms with Crippen LogP contribution in [0.25, 0.3) is 0 Å². The van der Waals surface area contributed by atoms with Crippen LogP contribution in [-0.4, -0.2) is 66.4 Å². The molecule has 0 spiro atoms. The zero-order valence-electron chi connectivity index (χ0n) is 17.4. The smallest absolute Gasteiger partial charge is 0.252 e. The number of sulfonamides is 1. The molecule has 0 aliphatic carbocycles. The Morgan fingerprint density at radius 1 is 1.10 bits per heavy atom. The Balaban J connectivity index is 1.70. The normalized spacial score (nSPS) is 17.4. The Labute approximate surface area is 175 Å². The fourth-order valence-electron chi connectivity index (χ4n) is 3.91. The number of thiophene rings is 1. The summed E-state index contributed by atoms with van der Waals surface area (Å²) in [6.07, 6.45) is 0. The van der Waals surface area contributed by atoms with Crippen LogP contribution < -0.4 is 0 Å². The molecule has 1 atom stereocenters. The van der Waals surface area contributed by atoms with Gasteiger partial charge in [-0.05, 0) is 52.3 Å². The average Bonchev–Trinajstić information content (AvgIpc) is 3.24. The molecule has 1 fully saturated rings. The molecule has 1 unspecified atom stereocenters. The molecule has 1 saturated heterocycles. The molecule has 7 nitrogen and oxygen atoms in total. The van der Waals surface area contributed by atoms with E-state index in [0.29, 0.717) is 52.9 Å². The van der Waals surface area contributed by atoms with Gasteiger partial charge in [-0.25, -0.2) is 8.42 Å². The number of piperazine rings is 1. The number of nitrogens with zero attached hydrogens (tertiary/aromatic N) is 2. The zero-order chi connectivity index (χ0) is 21.5. The van der Waals surface area contributed by atoms with Gasteiger partial charge in [0.15, 0.2) is 11.6 Å². The number of nitrogens with one attached hydrogen (secondary N) is 1. The van der Waals surface area contributed by atoms with Crippen molar-refractivity contribution < 1.29 is 18.0 Å². The second-order valence-corrected chi connectivity index (χ2v) is 11.0. The van der Waals surface area contributed by atoms with Gasteiger partial charge in [-0.1, -0.05) is 0 Å². The minimum atomic E-state index is -3.48. The van der Waals surface area contributed by atoms with Crippen LogP contribution in [0, 0.1) is 20.8 Å². The maximum atomic E-state index is 13.0. The molecule has 1 N–H and O–H groups in total. The summed E-state index contributed by atoms with van der Waals surface area (Å²) in [5.41, 5.74) is 2.42. The first-order valence-electron chi connectivity index (χ1n) is 9.59. The maximum Gasteiger partial charge on any atom is 0.252 e. The Kier molecular flexibility index (Phi) is 6.14. The van der Waals surface area contributed by atoms with Crippen molar-refractivity contribution in [1.29, 1.82) is 0 Å². The summed E-state index contributed by atoms with van der Waals surface area (Å²) in [4.78, 5) is 30.9. The van der Waals surface area contributed by atoms with E-state index in [0.717, 1.165) is 4.88 Å². The number of aryl methyl sites for hydroxylation is 2. The predicted molar refractivity (Wildman–Crippen MR) is 113 cm³/mol. The van der Waals surface area contributed by atoms with Gasteiger partial charge in [-0.3, -0.25) is 14.5 Å². The van der Waals surface area contributed by atoms with E-state index in [2.05, 4.69) is 4.98 Å². The molecule has 158 valence electrons. The molecule has 2 aromatic heterocycles. The largest absolute Gasteiger partial charge is 0.355 e. The SMILES string of the molecule is CC(=O)c1c(C)[nH]c(C(=O)C(C)N2CCN(S(=O)(=O)c3ccc(C)s3)CC2)c1C. The van der Waals surface area contributed by atoms with Gasteiger partial charge < -0.3 is 4.98 Å². The third-order valence-corrected chi connectivity index (χ3v) is 8.91. The molecule has 0 saturated carbocycles. The molecule has 1 aliphatic heterocycles. The van der Waals surface area contributed by atoms with E-state index in [1.807, 2.05) is 24.8 Å². The molecule has 9 heteroatoms. The average molecular weight is 438 g/mol. The standard InChI is InChI=1S/C20H27N3O4S2/c1-12-6-7-17(28-12)29(26,27)23-10-8-22(9-11-23)15(4)20(25)19-13(2)18(16(5)24)14(3)21-19/h6-7,15,21H,8-11H2,1-5H3. The van der Waals surface area contributed by atoms with Gasteiger partial charge in [-0.15, -0.1) is 11.3 Å². The van der Waals surface area contributed by atoms with Crippen LogP contribution in [0.5, 0.6) is 0 Å². The molecule has 3 heterocycles. The molecule has 2 aromatic rings. The van der Waals surface area contributed by atoms with Crippen molar-refractivity contribution >= 4 is 32.9 Å². The highest BCUT2D eigenvalue weighted by atomic mass is 32.2. The highest BCUT2D eigenvalue weighted by molar-refractivity contribution is 7.91. The molecule has 0 bridgehead atoms. The highest BCUT2D eigenvalue weighted by Crippen LogP contribution is 2.26. The first-order chi connectivity index (χ1) is 13.5. The number of aromatic nitrogens is 1. The first kappa shape index (κ1) is 21.9. The Bertz CT molecular complexity index is 1040. The van der Waals surface area contributed by atoms with E-state index >= 15 is 0 Å². The molecule has 29 heavy (non-hydrogen) atoms. The predicted octanol–water partition coefficient (Wildman–Crippen LogP) is 2.78. The number of hydrogen-bond donors (Lipinski definition) is 1. The van der Waals surface area contributed by atoms with Crippen molar-refractivity contribution in [3.8, 4) is 0 Å². The van der Waals surface area contributed by atoms with Crippen molar-refractivity contribution in [2.45, 2.75) is 44.9 Å². The lowest BCUT2D eigenvalue weighted by Gasteiger charge is -2.36. The van der Waals surface area contributed by atoms with Gasteiger partial charge >= 0.3 is 0 Å². The van der Waals surface area contributed by atoms with Crippen LogP contribution in [-0.2, 0) is 10.0 Å². The zero-order valence-corrected chi connectivity index (χ0v) is 19.0. The summed E-state index contributed by atoms with van der Waals surface area (Å²) in [5.74, 6) is -0.145. The van der Waals surface area contributed by atoms with Crippen molar-refractivity contribution in [3.05, 3.63) is 39.5 Å². The highest BCUT2D eigenvalue weighted by Gasteiger charge is 2.33. The second kappa shape index (κ2) is 8.14. The minimum absolute atomic E-state index is 0.0643. The summed E-state index contributed by atoms with van der Waals surface area (Å²) in [5, 5.41) is 0. The number of hydrogen-bond acceptors (Lipinski definition) is 6. The second-order valence-electron chi connectivity index (χ2n) is 7.53. The fraction of sp³-hybridized carbons (Fsp3) is 0.500. The molecule has 3 rings (SSSR count). The number of carbonyl (C=O) groups is 2. The van der Waals surface area contributed by atoms with E-state index in [1.54, 1.807) is 19.9 Å². The van der Waals surface area contributed by atoms with Gasteiger partial charge in [-0.2, -0.15) is 4.31 Å². The monoisotopic (exact) mass is 437 g/mol. The summed E-state index contributed by atoms with van der Waals surface area (Å²) < 4.78 is 27.4. The lowest BCUT2D eigenvalue weighted by molar-refractivity contribution is 0.0777. The van der Waals surface area contributed by atoms with Crippen LogP contribution in [0.2, 0.25) is 0 Å². The fourth-order valence-corrected chi connectivity index (χ4v) is 6.77. The molecular weight excluding hydrogens is 410 g/mol. The number of ketones is 2. The summed E-state index contributed by atoms with van der Waals surface area (Å²) in [6, 6.07) is 3.06. The Morgan fingerprint density at radius 3 is 2.21 bits per heavy atom. The number of H-pyrrole nitrogens is 1. The van der Waals surface area contributed by atoms with E-state index in [4.69, 9.17) is 0 Å². The topological polar surface area (TPSA) is 90.6 Å². The van der Waals surface area contributed by atoms with Crippen molar-refractivity contribution in [3.63, 3.8) is 0 Å². The van der Waals surface area contributed by atoms with E-state index in [1.165, 1.54) is 22.6 Å². The van der Waals surface area contributed by atoms with Crippen LogP contribution in [0.3, 0.4) is 0 Å². The number of carbonyl (C=O) groups excluding carboxylic acids is 2. The van der Waals surface area contributed by atoms with Gasteiger partial charge in [0, 0.05) is 42.3 Å². The number of aromatic amines is 1. The van der Waals surface area contributed by atoms with Crippen molar-refractivity contribution in [1.82, 2.24) is 14.2 Å². The quantitative estimate of drug-likeness (QED) is 0.702. The third-order valence-electron chi connectivity index (χ3n) is 5.55. The maximum absolute atomic E-state index is 13.0. The minimum Gasteiger partial charge on any atom is -0.355 e. The molecule has 0 radical (unpaired) electrons. The molecule has 1 aliphatic rings. The molecule has 0 aromatic carbocycles. The lowest BCUT2D eigenvalue weighted by atomic mass is 10.0. The number of Topliss-reactive ketones (excluding diaryl/α,β-unsaturated/α-hetero) is 2. The van der Waals surface area contributed by atoms with Crippen LogP contribution in [0.1, 0.15) is 50.8 Å². The molecular formula is C20H27N3O4S2. The third kappa shape index (κ3) is 4.09. The molecule has 0 amide bonds. The van der Waals surface area contributed by atoms with E-state index < -0.39 is 16.1 Å².